The second-order valence-electron chi connectivity index (χ2n) is 3.16. The van der Waals surface area contributed by atoms with Gasteiger partial charge in [0.2, 0.25) is 0 Å². The molecule has 1 heterocycles. The SMILES string of the molecule is C=N[C@H](c1cccnc1)C(C)C. The van der Waals surface area contributed by atoms with Crippen molar-refractivity contribution in [1.29, 1.82) is 0 Å². The van der Waals surface area contributed by atoms with Gasteiger partial charge in [-0.25, -0.2) is 0 Å². The molecule has 0 aromatic carbocycles. The Hall–Kier alpha value is -1.18. The van der Waals surface area contributed by atoms with E-state index in [0.29, 0.717) is 5.92 Å². The molecule has 2 nitrogen and oxygen atoms in total. The van der Waals surface area contributed by atoms with Crippen LogP contribution in [0.1, 0.15) is 25.5 Å². The van der Waals surface area contributed by atoms with Gasteiger partial charge >= 0.3 is 0 Å². The lowest BCUT2D eigenvalue weighted by atomic mass is 9.98. The van der Waals surface area contributed by atoms with Crippen LogP contribution in [-0.2, 0) is 0 Å². The monoisotopic (exact) mass is 162 g/mol. The summed E-state index contributed by atoms with van der Waals surface area (Å²) >= 11 is 0. The van der Waals surface area contributed by atoms with Crippen molar-refractivity contribution in [3.8, 4) is 0 Å². The van der Waals surface area contributed by atoms with Crippen molar-refractivity contribution < 1.29 is 0 Å². The molecule has 0 aliphatic heterocycles. The molecule has 12 heavy (non-hydrogen) atoms. The Morgan fingerprint density at radius 2 is 2.25 bits per heavy atom. The van der Waals surface area contributed by atoms with Crippen molar-refractivity contribution in [1.82, 2.24) is 4.98 Å². The highest BCUT2D eigenvalue weighted by Gasteiger charge is 2.12. The fourth-order valence-electron chi connectivity index (χ4n) is 1.25. The normalized spacial score (nSPS) is 12.9. The average molecular weight is 162 g/mol. The molecule has 0 saturated carbocycles. The quantitative estimate of drug-likeness (QED) is 0.627. The summed E-state index contributed by atoms with van der Waals surface area (Å²) in [4.78, 5) is 8.12. The van der Waals surface area contributed by atoms with Crippen LogP contribution in [0.5, 0.6) is 0 Å². The first-order valence-electron chi connectivity index (χ1n) is 4.11. The highest BCUT2D eigenvalue weighted by molar-refractivity contribution is 5.27. The zero-order valence-corrected chi connectivity index (χ0v) is 7.57. The predicted molar refractivity (Wildman–Crippen MR) is 51.4 cm³/mol. The third kappa shape index (κ3) is 1.91. The molecule has 1 rings (SSSR count). The number of nitrogens with zero attached hydrogens (tertiary/aromatic N) is 2. The van der Waals surface area contributed by atoms with E-state index in [1.165, 1.54) is 0 Å². The van der Waals surface area contributed by atoms with Gasteiger partial charge in [0.25, 0.3) is 0 Å². The number of aromatic nitrogens is 1. The largest absolute Gasteiger partial charge is 0.293 e. The molecule has 0 aliphatic rings. The highest BCUT2D eigenvalue weighted by atomic mass is 14.8. The van der Waals surface area contributed by atoms with Gasteiger partial charge in [-0.1, -0.05) is 19.9 Å². The van der Waals surface area contributed by atoms with Crippen molar-refractivity contribution in [2.45, 2.75) is 19.9 Å². The molecule has 0 unspecified atom stereocenters. The van der Waals surface area contributed by atoms with E-state index in [-0.39, 0.29) is 6.04 Å². The highest BCUT2D eigenvalue weighted by Crippen LogP contribution is 2.23. The molecule has 0 aliphatic carbocycles. The molecule has 0 radical (unpaired) electrons. The van der Waals surface area contributed by atoms with Crippen LogP contribution in [-0.4, -0.2) is 11.7 Å². The van der Waals surface area contributed by atoms with Crippen molar-refractivity contribution in [2.75, 3.05) is 0 Å². The molecule has 1 aromatic heterocycles. The standard InChI is InChI=1S/C10H14N2/c1-8(2)10(11-3)9-5-4-6-12-7-9/h4-8,10H,3H2,1-2H3/t10-/m0/s1. The second-order valence-corrected chi connectivity index (χ2v) is 3.16. The molecular formula is C10H14N2. The van der Waals surface area contributed by atoms with E-state index in [9.17, 15) is 0 Å². The van der Waals surface area contributed by atoms with E-state index in [1.807, 2.05) is 18.3 Å². The van der Waals surface area contributed by atoms with Crippen molar-refractivity contribution in [2.24, 2.45) is 10.9 Å². The number of hydrogen-bond acceptors (Lipinski definition) is 2. The molecule has 1 atom stereocenters. The number of rotatable bonds is 3. The van der Waals surface area contributed by atoms with Gasteiger partial charge in [-0.2, -0.15) is 0 Å². The van der Waals surface area contributed by atoms with Crippen LogP contribution in [0.3, 0.4) is 0 Å². The maximum atomic E-state index is 4.07. The molecule has 2 heteroatoms. The topological polar surface area (TPSA) is 25.2 Å². The molecule has 0 bridgehead atoms. The third-order valence-electron chi connectivity index (χ3n) is 1.85. The Labute approximate surface area is 73.4 Å². The van der Waals surface area contributed by atoms with Gasteiger partial charge in [0.1, 0.15) is 0 Å². The number of aliphatic imine (C=N–C) groups is 1. The zero-order chi connectivity index (χ0) is 8.97. The van der Waals surface area contributed by atoms with Gasteiger partial charge in [-0.3, -0.25) is 9.98 Å². The van der Waals surface area contributed by atoms with E-state index >= 15 is 0 Å². The van der Waals surface area contributed by atoms with Crippen LogP contribution in [0.15, 0.2) is 29.5 Å². The summed E-state index contributed by atoms with van der Waals surface area (Å²) in [5, 5.41) is 0. The minimum absolute atomic E-state index is 0.179. The van der Waals surface area contributed by atoms with E-state index in [2.05, 4.69) is 30.5 Å². The van der Waals surface area contributed by atoms with Crippen LogP contribution in [0.4, 0.5) is 0 Å². The summed E-state index contributed by atoms with van der Waals surface area (Å²) in [5.74, 6) is 0.478. The molecule has 0 saturated heterocycles. The first-order chi connectivity index (χ1) is 5.75. The number of hydrogen-bond donors (Lipinski definition) is 0. The summed E-state index contributed by atoms with van der Waals surface area (Å²) in [6.07, 6.45) is 3.61. The Balaban J connectivity index is 2.88. The van der Waals surface area contributed by atoms with Crippen LogP contribution in [0.25, 0.3) is 0 Å². The van der Waals surface area contributed by atoms with Gasteiger partial charge in [0, 0.05) is 12.4 Å². The van der Waals surface area contributed by atoms with Gasteiger partial charge < -0.3 is 0 Å². The van der Waals surface area contributed by atoms with Crippen LogP contribution in [0, 0.1) is 5.92 Å². The Morgan fingerprint density at radius 1 is 1.50 bits per heavy atom. The zero-order valence-electron chi connectivity index (χ0n) is 7.57. The second kappa shape index (κ2) is 4.00. The Morgan fingerprint density at radius 3 is 2.67 bits per heavy atom. The maximum Gasteiger partial charge on any atom is 0.0779 e. The fraction of sp³-hybridized carbons (Fsp3) is 0.400. The first-order valence-corrected chi connectivity index (χ1v) is 4.11. The first kappa shape index (κ1) is 8.91. The third-order valence-corrected chi connectivity index (χ3v) is 1.85. The minimum atomic E-state index is 0.179. The Kier molecular flexibility index (Phi) is 2.97. The van der Waals surface area contributed by atoms with Crippen molar-refractivity contribution >= 4 is 6.72 Å². The average Bonchev–Trinajstić information content (AvgIpc) is 2.07. The van der Waals surface area contributed by atoms with E-state index < -0.39 is 0 Å². The Bertz CT molecular complexity index is 241. The minimum Gasteiger partial charge on any atom is -0.293 e. The van der Waals surface area contributed by atoms with Gasteiger partial charge in [0.15, 0.2) is 0 Å². The fourth-order valence-corrected chi connectivity index (χ4v) is 1.25. The van der Waals surface area contributed by atoms with Gasteiger partial charge in [-0.15, -0.1) is 0 Å². The molecule has 64 valence electrons. The summed E-state index contributed by atoms with van der Waals surface area (Å²) < 4.78 is 0. The number of pyridine rings is 1. The summed E-state index contributed by atoms with van der Waals surface area (Å²) in [6.45, 7) is 7.84. The molecule has 0 N–H and O–H groups in total. The van der Waals surface area contributed by atoms with E-state index in [1.54, 1.807) is 6.20 Å². The van der Waals surface area contributed by atoms with E-state index in [0.717, 1.165) is 5.56 Å². The lowest BCUT2D eigenvalue weighted by molar-refractivity contribution is 0.518. The summed E-state index contributed by atoms with van der Waals surface area (Å²) in [6, 6.07) is 4.14. The predicted octanol–water partition coefficient (Wildman–Crippen LogP) is 2.48. The molecule has 0 spiro atoms. The van der Waals surface area contributed by atoms with Gasteiger partial charge in [0.05, 0.1) is 6.04 Å². The van der Waals surface area contributed by atoms with Crippen LogP contribution in [0.2, 0.25) is 0 Å². The summed E-state index contributed by atoms with van der Waals surface area (Å²) in [5.41, 5.74) is 1.14. The van der Waals surface area contributed by atoms with Crippen LogP contribution < -0.4 is 0 Å². The van der Waals surface area contributed by atoms with Crippen LogP contribution >= 0.6 is 0 Å². The van der Waals surface area contributed by atoms with Crippen molar-refractivity contribution in [3.05, 3.63) is 30.1 Å². The van der Waals surface area contributed by atoms with Crippen molar-refractivity contribution in [3.63, 3.8) is 0 Å². The maximum absolute atomic E-state index is 4.07. The smallest absolute Gasteiger partial charge is 0.0779 e. The van der Waals surface area contributed by atoms with Gasteiger partial charge in [-0.05, 0) is 24.3 Å². The summed E-state index contributed by atoms with van der Waals surface area (Å²) in [7, 11) is 0. The molecule has 0 fully saturated rings. The molecule has 1 aromatic rings. The van der Waals surface area contributed by atoms with E-state index in [4.69, 9.17) is 0 Å². The molecular weight excluding hydrogens is 148 g/mol. The lowest BCUT2D eigenvalue weighted by Gasteiger charge is -2.15. The molecule has 0 amide bonds. The lowest BCUT2D eigenvalue weighted by Crippen LogP contribution is -2.03.